The van der Waals surface area contributed by atoms with Gasteiger partial charge in [0.05, 0.1) is 17.9 Å². The van der Waals surface area contributed by atoms with E-state index >= 15 is 0 Å². The summed E-state index contributed by atoms with van der Waals surface area (Å²) in [5, 5.41) is 4.26. The normalized spacial score (nSPS) is 13.1. The first kappa shape index (κ1) is 18.1. The van der Waals surface area contributed by atoms with Crippen LogP contribution in [0, 0.1) is 25.2 Å². The average molecular weight is 316 g/mol. The van der Waals surface area contributed by atoms with Crippen molar-refractivity contribution in [3.63, 3.8) is 0 Å². The Kier molecular flexibility index (Phi) is 5.57. The zero-order valence-corrected chi connectivity index (χ0v) is 14.7. The second-order valence-corrected chi connectivity index (χ2v) is 8.18. The second-order valence-electron chi connectivity index (χ2n) is 6.48. The third-order valence-electron chi connectivity index (χ3n) is 4.21. The molecule has 1 rings (SSSR count). The molecule has 0 aliphatic rings. The van der Waals surface area contributed by atoms with Crippen LogP contribution in [0.1, 0.15) is 39.1 Å². The summed E-state index contributed by atoms with van der Waals surface area (Å²) < 4.78 is 29.5. The topological polar surface area (TPSA) is 90.0 Å². The maximum absolute atomic E-state index is 12.6. The van der Waals surface area contributed by atoms with Crippen molar-refractivity contribution in [2.75, 3.05) is 13.1 Å². The highest BCUT2D eigenvalue weighted by molar-refractivity contribution is 7.89. The van der Waals surface area contributed by atoms with Crippen LogP contribution in [0.25, 0.3) is 0 Å². The average Bonchev–Trinajstić information content (AvgIpc) is 2.63. The molecule has 0 unspecified atom stereocenters. The molecule has 0 aromatic carbocycles. The van der Waals surface area contributed by atoms with Gasteiger partial charge in [-0.1, -0.05) is 27.7 Å². The van der Waals surface area contributed by atoms with Crippen molar-refractivity contribution in [3.8, 4) is 0 Å². The Morgan fingerprint density at radius 1 is 1.33 bits per heavy atom. The first-order chi connectivity index (χ1) is 9.53. The van der Waals surface area contributed by atoms with Crippen LogP contribution in [0.5, 0.6) is 0 Å². The molecule has 3 N–H and O–H groups in total. The van der Waals surface area contributed by atoms with E-state index < -0.39 is 10.0 Å². The monoisotopic (exact) mass is 316 g/mol. The molecule has 0 aliphatic carbocycles. The fraction of sp³-hybridized carbons (Fsp3) is 0.786. The zero-order valence-electron chi connectivity index (χ0n) is 13.9. The van der Waals surface area contributed by atoms with Crippen molar-refractivity contribution in [2.45, 2.75) is 53.0 Å². The molecule has 1 aromatic rings. The molecule has 0 spiro atoms. The zero-order chi connectivity index (χ0) is 16.4. The number of aryl methyl sites for hydroxylation is 1. The van der Waals surface area contributed by atoms with Gasteiger partial charge < -0.3 is 5.73 Å². The van der Waals surface area contributed by atoms with Crippen LogP contribution < -0.4 is 10.5 Å². The van der Waals surface area contributed by atoms with Crippen LogP contribution in [0.4, 0.5) is 0 Å². The summed E-state index contributed by atoms with van der Waals surface area (Å²) in [5.74, 6) is 0.377. The van der Waals surface area contributed by atoms with Gasteiger partial charge in [0.25, 0.3) is 0 Å². The van der Waals surface area contributed by atoms with E-state index in [-0.39, 0.29) is 10.3 Å². The molecule has 7 heteroatoms. The van der Waals surface area contributed by atoms with Gasteiger partial charge in [-0.3, -0.25) is 4.68 Å². The van der Waals surface area contributed by atoms with E-state index in [4.69, 9.17) is 5.73 Å². The molecule has 1 aromatic heterocycles. The summed E-state index contributed by atoms with van der Waals surface area (Å²) in [6.07, 6.45) is 0. The van der Waals surface area contributed by atoms with Crippen LogP contribution in [-0.4, -0.2) is 31.3 Å². The molecule has 6 nitrogen and oxygen atoms in total. The van der Waals surface area contributed by atoms with Gasteiger partial charge in [0.15, 0.2) is 0 Å². The summed E-state index contributed by atoms with van der Waals surface area (Å²) in [7, 11) is -3.56. The van der Waals surface area contributed by atoms with Crippen molar-refractivity contribution in [1.82, 2.24) is 14.5 Å². The summed E-state index contributed by atoms with van der Waals surface area (Å²) in [5.41, 5.74) is 6.55. The Labute approximate surface area is 128 Å². The molecular weight excluding hydrogens is 288 g/mol. The quantitative estimate of drug-likeness (QED) is 0.796. The largest absolute Gasteiger partial charge is 0.329 e. The number of nitrogens with two attached hydrogens (primary N) is 1. The fourth-order valence-electron chi connectivity index (χ4n) is 1.97. The van der Waals surface area contributed by atoms with Crippen molar-refractivity contribution in [1.29, 1.82) is 0 Å². The van der Waals surface area contributed by atoms with Crippen LogP contribution in [0.3, 0.4) is 0 Å². The smallest absolute Gasteiger partial charge is 0.244 e. The SMILES string of the molecule is Cc1nn(CCN)c(C)c1S(=O)(=O)NCC(C)(C)C(C)C. The van der Waals surface area contributed by atoms with Gasteiger partial charge in [0.1, 0.15) is 4.90 Å². The predicted molar refractivity (Wildman–Crippen MR) is 84.6 cm³/mol. The lowest BCUT2D eigenvalue weighted by atomic mass is 9.81. The van der Waals surface area contributed by atoms with Crippen molar-refractivity contribution < 1.29 is 8.42 Å². The Morgan fingerprint density at radius 2 is 1.90 bits per heavy atom. The Morgan fingerprint density at radius 3 is 2.38 bits per heavy atom. The highest BCUT2D eigenvalue weighted by atomic mass is 32.2. The Hall–Kier alpha value is -0.920. The number of hydrogen-bond donors (Lipinski definition) is 2. The van der Waals surface area contributed by atoms with Gasteiger partial charge in [-0.05, 0) is 25.2 Å². The molecule has 0 bridgehead atoms. The van der Waals surface area contributed by atoms with Crippen LogP contribution in [0.2, 0.25) is 0 Å². The minimum Gasteiger partial charge on any atom is -0.329 e. The number of rotatable bonds is 7. The van der Waals surface area contributed by atoms with Crippen LogP contribution in [-0.2, 0) is 16.6 Å². The van der Waals surface area contributed by atoms with Gasteiger partial charge >= 0.3 is 0 Å². The van der Waals surface area contributed by atoms with Gasteiger partial charge in [-0.2, -0.15) is 5.10 Å². The van der Waals surface area contributed by atoms with Crippen molar-refractivity contribution in [3.05, 3.63) is 11.4 Å². The lowest BCUT2D eigenvalue weighted by Crippen LogP contribution is -2.37. The maximum atomic E-state index is 12.6. The van der Waals surface area contributed by atoms with Gasteiger partial charge in [-0.25, -0.2) is 13.1 Å². The molecule has 122 valence electrons. The molecule has 0 saturated carbocycles. The number of nitrogens with one attached hydrogen (secondary N) is 1. The van der Waals surface area contributed by atoms with E-state index in [1.54, 1.807) is 18.5 Å². The van der Waals surface area contributed by atoms with Gasteiger partial charge in [0, 0.05) is 13.1 Å². The molecule has 0 aliphatic heterocycles. The van der Waals surface area contributed by atoms with E-state index in [0.717, 1.165) is 0 Å². The Balaban J connectivity index is 3.04. The molecule has 1 heterocycles. The Bertz CT molecular complexity index is 588. The third-order valence-corrected chi connectivity index (χ3v) is 5.86. The van der Waals surface area contributed by atoms with E-state index in [1.165, 1.54) is 0 Å². The highest BCUT2D eigenvalue weighted by Crippen LogP contribution is 2.26. The van der Waals surface area contributed by atoms with E-state index in [2.05, 4.69) is 37.5 Å². The third kappa shape index (κ3) is 4.05. The number of sulfonamides is 1. The van der Waals surface area contributed by atoms with Crippen LogP contribution >= 0.6 is 0 Å². The van der Waals surface area contributed by atoms with Gasteiger partial charge in [-0.15, -0.1) is 0 Å². The van der Waals surface area contributed by atoms with Crippen molar-refractivity contribution in [2.24, 2.45) is 17.1 Å². The molecule has 0 radical (unpaired) electrons. The maximum Gasteiger partial charge on any atom is 0.244 e. The summed E-state index contributed by atoms with van der Waals surface area (Å²) in [6.45, 7) is 13.1. The minimum atomic E-state index is -3.56. The molecule has 0 amide bonds. The molecule has 0 fully saturated rings. The minimum absolute atomic E-state index is 0.109. The summed E-state index contributed by atoms with van der Waals surface area (Å²) >= 11 is 0. The number of nitrogens with zero attached hydrogens (tertiary/aromatic N) is 2. The second kappa shape index (κ2) is 6.46. The van der Waals surface area contributed by atoms with Gasteiger partial charge in [0.2, 0.25) is 10.0 Å². The lowest BCUT2D eigenvalue weighted by Gasteiger charge is -2.29. The molecule has 0 atom stereocenters. The first-order valence-electron chi connectivity index (χ1n) is 7.26. The van der Waals surface area contributed by atoms with E-state index in [0.29, 0.717) is 36.9 Å². The summed E-state index contributed by atoms with van der Waals surface area (Å²) in [4.78, 5) is 0.274. The number of hydrogen-bond acceptors (Lipinski definition) is 4. The standard InChI is InChI=1S/C14H28N4O2S/c1-10(2)14(5,6)9-16-21(19,20)13-11(3)17-18(8-7-15)12(13)4/h10,16H,7-9,15H2,1-6H3. The summed E-state index contributed by atoms with van der Waals surface area (Å²) in [6, 6.07) is 0. The lowest BCUT2D eigenvalue weighted by molar-refractivity contribution is 0.252. The first-order valence-corrected chi connectivity index (χ1v) is 8.75. The highest BCUT2D eigenvalue weighted by Gasteiger charge is 2.28. The van der Waals surface area contributed by atoms with Crippen molar-refractivity contribution >= 4 is 10.0 Å². The molecule has 0 saturated heterocycles. The van der Waals surface area contributed by atoms with E-state index in [1.807, 2.05) is 0 Å². The molecule has 21 heavy (non-hydrogen) atoms. The fourth-order valence-corrected chi connectivity index (χ4v) is 3.60. The molecular formula is C14H28N4O2S. The predicted octanol–water partition coefficient (Wildman–Crippen LogP) is 1.42. The van der Waals surface area contributed by atoms with E-state index in [9.17, 15) is 8.42 Å². The van der Waals surface area contributed by atoms with Crippen LogP contribution in [0.15, 0.2) is 4.90 Å². The number of aromatic nitrogens is 2.